The van der Waals surface area contributed by atoms with E-state index in [9.17, 15) is 24.3 Å². The first-order chi connectivity index (χ1) is 18.7. The molecule has 1 heterocycles. The van der Waals surface area contributed by atoms with Crippen LogP contribution in [0.1, 0.15) is 74.2 Å². The first kappa shape index (κ1) is 25.8. The fourth-order valence-corrected chi connectivity index (χ4v) is 8.66. The largest absolute Gasteiger partial charge is 0.548 e. The van der Waals surface area contributed by atoms with E-state index in [1.54, 1.807) is 29.2 Å². The molecule has 2 aromatic rings. The molecule has 4 bridgehead atoms. The van der Waals surface area contributed by atoms with Gasteiger partial charge < -0.3 is 19.7 Å². The van der Waals surface area contributed by atoms with Gasteiger partial charge in [-0.25, -0.2) is 0 Å². The molecular weight excluding hydrogens is 492 g/mol. The van der Waals surface area contributed by atoms with Crippen LogP contribution in [0.3, 0.4) is 0 Å². The minimum Gasteiger partial charge on any atom is -0.548 e. The van der Waals surface area contributed by atoms with Crippen molar-refractivity contribution >= 4 is 29.3 Å². The summed E-state index contributed by atoms with van der Waals surface area (Å²) in [6.07, 6.45) is 6.73. The van der Waals surface area contributed by atoms with Crippen LogP contribution in [0.2, 0.25) is 0 Å². The van der Waals surface area contributed by atoms with Crippen molar-refractivity contribution in [2.75, 3.05) is 4.90 Å². The van der Waals surface area contributed by atoms with Gasteiger partial charge in [-0.15, -0.1) is 0 Å². The third-order valence-electron chi connectivity index (χ3n) is 9.71. The second kappa shape index (κ2) is 9.92. The average molecular weight is 528 g/mol. The monoisotopic (exact) mass is 527 g/mol. The van der Waals surface area contributed by atoms with Crippen LogP contribution in [0.5, 0.6) is 0 Å². The molecule has 2 unspecified atom stereocenters. The lowest BCUT2D eigenvalue weighted by atomic mass is 9.48. The van der Waals surface area contributed by atoms with E-state index in [2.05, 4.69) is 0 Å². The third-order valence-corrected chi connectivity index (χ3v) is 9.71. The highest BCUT2D eigenvalue weighted by atomic mass is 16.4. The Morgan fingerprint density at radius 3 is 2.08 bits per heavy atom. The van der Waals surface area contributed by atoms with Crippen LogP contribution in [0.4, 0.5) is 5.69 Å². The number of hydrogen-bond acceptors (Lipinski definition) is 5. The smallest absolute Gasteiger partial charge is 0.250 e. The SMILES string of the molecule is CC(=O)N1C(C(=O)[O-])CC(=O)c2ccccc2N(Cc2ccccc2)C(=O)C1CC12CC3CC(CC(C3)C1)C2. The number of Topliss-reactive ketones (excluding diaryl/α,β-unsaturated/α-hetero) is 1. The maximum absolute atomic E-state index is 14.7. The van der Waals surface area contributed by atoms with Gasteiger partial charge in [0, 0.05) is 18.9 Å². The van der Waals surface area contributed by atoms with E-state index in [0.29, 0.717) is 29.9 Å². The Labute approximate surface area is 229 Å². The van der Waals surface area contributed by atoms with Crippen molar-refractivity contribution < 1.29 is 24.3 Å². The van der Waals surface area contributed by atoms with Crippen LogP contribution in [0.15, 0.2) is 54.6 Å². The number of carbonyl (C=O) groups excluding carboxylic acids is 4. The third kappa shape index (κ3) is 4.77. The zero-order chi connectivity index (χ0) is 27.3. The fraction of sp³-hybridized carbons (Fsp3) is 0.500. The van der Waals surface area contributed by atoms with Gasteiger partial charge in [-0.05, 0) is 85.8 Å². The van der Waals surface area contributed by atoms with Crippen LogP contribution in [-0.4, -0.2) is 40.6 Å². The molecule has 4 aliphatic carbocycles. The van der Waals surface area contributed by atoms with Crippen molar-refractivity contribution in [3.05, 3.63) is 65.7 Å². The molecule has 5 aliphatic rings. The molecule has 0 saturated heterocycles. The molecule has 7 rings (SSSR count). The topological polar surface area (TPSA) is 97.8 Å². The van der Waals surface area contributed by atoms with Gasteiger partial charge in [-0.1, -0.05) is 42.5 Å². The molecule has 0 spiro atoms. The maximum atomic E-state index is 14.7. The van der Waals surface area contributed by atoms with Crippen molar-refractivity contribution in [3.63, 3.8) is 0 Å². The summed E-state index contributed by atoms with van der Waals surface area (Å²) in [6, 6.07) is 13.9. The summed E-state index contributed by atoms with van der Waals surface area (Å²) in [7, 11) is 0. The molecule has 0 radical (unpaired) electrons. The van der Waals surface area contributed by atoms with E-state index < -0.39 is 36.2 Å². The zero-order valence-corrected chi connectivity index (χ0v) is 22.4. The fourth-order valence-electron chi connectivity index (χ4n) is 8.66. The molecule has 204 valence electrons. The minimum atomic E-state index is -1.51. The highest BCUT2D eigenvalue weighted by Crippen LogP contribution is 2.62. The predicted octanol–water partition coefficient (Wildman–Crippen LogP) is 3.75. The highest BCUT2D eigenvalue weighted by Gasteiger charge is 2.54. The molecule has 4 saturated carbocycles. The number of ketones is 1. The number of carboxylic acids is 1. The second-order valence-electron chi connectivity index (χ2n) is 12.5. The Balaban J connectivity index is 1.48. The van der Waals surface area contributed by atoms with Crippen molar-refractivity contribution in [1.82, 2.24) is 4.90 Å². The van der Waals surface area contributed by atoms with Crippen molar-refractivity contribution in [1.29, 1.82) is 0 Å². The molecule has 39 heavy (non-hydrogen) atoms. The molecule has 0 aromatic heterocycles. The van der Waals surface area contributed by atoms with Gasteiger partial charge in [0.1, 0.15) is 6.04 Å². The van der Waals surface area contributed by atoms with Gasteiger partial charge in [0.15, 0.2) is 5.78 Å². The Hall–Kier alpha value is -3.48. The van der Waals surface area contributed by atoms with E-state index >= 15 is 0 Å². The number of benzene rings is 2. The molecule has 2 aromatic carbocycles. The Bertz CT molecular complexity index is 1270. The summed E-state index contributed by atoms with van der Waals surface area (Å²) < 4.78 is 0. The number of aliphatic carboxylic acids is 1. The number of carbonyl (C=O) groups is 4. The summed E-state index contributed by atoms with van der Waals surface area (Å²) in [5, 5.41) is 12.5. The van der Waals surface area contributed by atoms with Crippen molar-refractivity contribution in [2.45, 2.75) is 76.9 Å². The summed E-state index contributed by atoms with van der Waals surface area (Å²) in [5.74, 6) is -0.888. The molecule has 2 amide bonds. The lowest BCUT2D eigenvalue weighted by molar-refractivity contribution is -0.311. The Kier molecular flexibility index (Phi) is 6.56. The highest BCUT2D eigenvalue weighted by molar-refractivity contribution is 6.09. The number of para-hydroxylation sites is 1. The van der Waals surface area contributed by atoms with Crippen LogP contribution >= 0.6 is 0 Å². The summed E-state index contributed by atoms with van der Waals surface area (Å²) in [4.78, 5) is 56.8. The number of carboxylic acid groups (broad SMARTS) is 1. The van der Waals surface area contributed by atoms with Gasteiger partial charge in [-0.3, -0.25) is 14.4 Å². The molecule has 0 N–H and O–H groups in total. The summed E-state index contributed by atoms with van der Waals surface area (Å²) >= 11 is 0. The predicted molar refractivity (Wildman–Crippen MR) is 143 cm³/mol. The van der Waals surface area contributed by atoms with Gasteiger partial charge in [0.25, 0.3) is 0 Å². The van der Waals surface area contributed by atoms with Crippen molar-refractivity contribution in [2.24, 2.45) is 23.2 Å². The van der Waals surface area contributed by atoms with Gasteiger partial charge >= 0.3 is 0 Å². The normalized spacial score (nSPS) is 31.9. The molecule has 7 nitrogen and oxygen atoms in total. The van der Waals surface area contributed by atoms with E-state index in [1.807, 2.05) is 30.3 Å². The van der Waals surface area contributed by atoms with E-state index in [-0.39, 0.29) is 23.4 Å². The molecule has 2 atom stereocenters. The van der Waals surface area contributed by atoms with E-state index in [0.717, 1.165) is 24.8 Å². The van der Waals surface area contributed by atoms with E-state index in [4.69, 9.17) is 0 Å². The van der Waals surface area contributed by atoms with Crippen LogP contribution in [-0.2, 0) is 20.9 Å². The van der Waals surface area contributed by atoms with Crippen LogP contribution < -0.4 is 10.0 Å². The number of hydrogen-bond donors (Lipinski definition) is 0. The zero-order valence-electron chi connectivity index (χ0n) is 22.4. The van der Waals surface area contributed by atoms with Crippen molar-refractivity contribution in [3.8, 4) is 0 Å². The quantitative estimate of drug-likeness (QED) is 0.590. The number of anilines is 1. The average Bonchev–Trinajstić information content (AvgIpc) is 2.92. The standard InChI is InChI=1S/C32H36N2O5/c1-20(35)34-27(31(38)39)14-29(36)25-9-5-6-10-26(25)33(19-21-7-3-2-4-8-21)30(37)28(34)18-32-15-22-11-23(16-32)13-24(12-22)17-32/h2-10,22-24,27-28H,11-19H2,1H3,(H,38,39)/p-1. The Morgan fingerprint density at radius 2 is 1.49 bits per heavy atom. The van der Waals surface area contributed by atoms with Crippen LogP contribution in [0.25, 0.3) is 0 Å². The number of rotatable bonds is 5. The van der Waals surface area contributed by atoms with Gasteiger partial charge in [-0.2, -0.15) is 0 Å². The maximum Gasteiger partial charge on any atom is 0.250 e. The second-order valence-corrected chi connectivity index (χ2v) is 12.5. The molecule has 7 heteroatoms. The summed E-state index contributed by atoms with van der Waals surface area (Å²) in [5.41, 5.74) is 1.52. The number of nitrogens with zero attached hydrogens (tertiary/aromatic N) is 2. The Morgan fingerprint density at radius 1 is 0.897 bits per heavy atom. The van der Waals surface area contributed by atoms with Gasteiger partial charge in [0.05, 0.1) is 24.2 Å². The lowest BCUT2D eigenvalue weighted by Gasteiger charge is -2.58. The molecule has 1 aliphatic heterocycles. The lowest BCUT2D eigenvalue weighted by Crippen LogP contribution is -2.61. The van der Waals surface area contributed by atoms with Crippen LogP contribution in [0, 0.1) is 23.2 Å². The van der Waals surface area contributed by atoms with Gasteiger partial charge in [0.2, 0.25) is 11.8 Å². The first-order valence-corrected chi connectivity index (χ1v) is 14.2. The van der Waals surface area contributed by atoms with E-state index in [1.165, 1.54) is 31.1 Å². The molecular formula is C32H35N2O5-. The minimum absolute atomic E-state index is 0.102. The number of fused-ring (bicyclic) bond motifs is 1. The first-order valence-electron chi connectivity index (χ1n) is 14.2. The number of amides is 2. The summed E-state index contributed by atoms with van der Waals surface area (Å²) in [6.45, 7) is 1.51. The molecule has 4 fully saturated rings.